The van der Waals surface area contributed by atoms with Gasteiger partial charge in [0.1, 0.15) is 5.75 Å². The Kier molecular flexibility index (Phi) is 3.43. The van der Waals surface area contributed by atoms with Crippen molar-refractivity contribution in [3.05, 3.63) is 40.7 Å². The zero-order valence-electron chi connectivity index (χ0n) is 6.46. The van der Waals surface area contributed by atoms with Crippen LogP contribution in [0.2, 0.25) is 5.02 Å². The maximum atomic E-state index is 6.53. The zero-order chi connectivity index (χ0) is 8.81. The van der Waals surface area contributed by atoms with E-state index in [2.05, 4.69) is 4.85 Å². The topological polar surface area (TPSA) is 13.6 Å². The minimum atomic E-state index is 0.366. The largest absolute Gasteiger partial charge is 0.484 e. The summed E-state index contributed by atoms with van der Waals surface area (Å²) in [5, 5.41) is 0.586. The fraction of sp³-hybridized carbons (Fsp3) is 0.222. The molecular formula is C9H8ClNO. The predicted octanol–water partition coefficient (Wildman–Crippen LogP) is 2.64. The summed E-state index contributed by atoms with van der Waals surface area (Å²) in [6.45, 7) is 7.30. The van der Waals surface area contributed by atoms with Crippen molar-refractivity contribution in [1.82, 2.24) is 0 Å². The van der Waals surface area contributed by atoms with Crippen LogP contribution in [0.15, 0.2) is 24.3 Å². The first kappa shape index (κ1) is 8.89. The fourth-order valence-electron chi connectivity index (χ4n) is 0.763. The lowest BCUT2D eigenvalue weighted by atomic mass is 10.3. The van der Waals surface area contributed by atoms with Gasteiger partial charge in [0.05, 0.1) is 5.02 Å². The number of para-hydroxylation sites is 1. The lowest BCUT2D eigenvalue weighted by Crippen LogP contribution is -1.99. The fourth-order valence-corrected chi connectivity index (χ4v) is 0.953. The molecule has 0 heterocycles. The molecule has 1 aromatic rings. The van der Waals surface area contributed by atoms with E-state index < -0.39 is 0 Å². The molecule has 0 bridgehead atoms. The van der Waals surface area contributed by atoms with E-state index in [1.807, 2.05) is 12.1 Å². The molecule has 0 aliphatic carbocycles. The number of benzene rings is 1. The number of rotatable bonds is 3. The molecular weight excluding hydrogens is 174 g/mol. The van der Waals surface area contributed by atoms with Crippen LogP contribution < -0.4 is 4.74 Å². The summed E-state index contributed by atoms with van der Waals surface area (Å²) in [7, 11) is 0. The molecule has 0 aliphatic heterocycles. The van der Waals surface area contributed by atoms with E-state index in [1.165, 1.54) is 0 Å². The van der Waals surface area contributed by atoms with Crippen molar-refractivity contribution in [3.8, 4) is 5.75 Å². The summed E-state index contributed by atoms with van der Waals surface area (Å²) >= 11 is 5.80. The molecule has 1 aromatic carbocycles. The summed E-state index contributed by atoms with van der Waals surface area (Å²) in [6, 6.07) is 7.23. The van der Waals surface area contributed by atoms with Gasteiger partial charge in [0, 0.05) is 0 Å². The van der Waals surface area contributed by atoms with Crippen LogP contribution in [0.4, 0.5) is 0 Å². The highest BCUT2D eigenvalue weighted by molar-refractivity contribution is 6.32. The highest BCUT2D eigenvalue weighted by Crippen LogP contribution is 2.22. The van der Waals surface area contributed by atoms with E-state index >= 15 is 0 Å². The molecule has 3 heteroatoms. The number of hydrogen-bond donors (Lipinski definition) is 0. The second-order valence-corrected chi connectivity index (χ2v) is 2.57. The van der Waals surface area contributed by atoms with Gasteiger partial charge in [-0.2, -0.15) is 0 Å². The smallest absolute Gasteiger partial charge is 0.248 e. The molecule has 0 unspecified atom stereocenters. The lowest BCUT2D eigenvalue weighted by Gasteiger charge is -2.03. The first-order chi connectivity index (χ1) is 5.84. The van der Waals surface area contributed by atoms with Crippen LogP contribution in [0.1, 0.15) is 0 Å². The van der Waals surface area contributed by atoms with E-state index in [0.29, 0.717) is 23.9 Å². The normalized spacial score (nSPS) is 9.00. The Morgan fingerprint density at radius 1 is 1.42 bits per heavy atom. The Bertz CT molecular complexity index is 293. The molecule has 0 aromatic heterocycles. The molecule has 1 rings (SSSR count). The zero-order valence-corrected chi connectivity index (χ0v) is 7.21. The molecule has 2 nitrogen and oxygen atoms in total. The highest BCUT2D eigenvalue weighted by atomic mass is 35.5. The molecule has 0 fully saturated rings. The van der Waals surface area contributed by atoms with Gasteiger partial charge in [-0.3, -0.25) is 0 Å². The Morgan fingerprint density at radius 2 is 2.17 bits per heavy atom. The van der Waals surface area contributed by atoms with Gasteiger partial charge in [-0.1, -0.05) is 23.7 Å². The minimum absolute atomic E-state index is 0.366. The third kappa shape index (κ3) is 2.44. The Balaban J connectivity index is 2.53. The van der Waals surface area contributed by atoms with Gasteiger partial charge in [-0.05, 0) is 12.1 Å². The minimum Gasteiger partial charge on any atom is -0.484 e. The van der Waals surface area contributed by atoms with Crippen LogP contribution in [-0.2, 0) is 0 Å². The van der Waals surface area contributed by atoms with Crippen LogP contribution in [0.5, 0.6) is 5.75 Å². The predicted molar refractivity (Wildman–Crippen MR) is 48.4 cm³/mol. The van der Waals surface area contributed by atoms with Crippen molar-refractivity contribution in [2.75, 3.05) is 13.2 Å². The molecule has 0 atom stereocenters. The number of halogens is 1. The van der Waals surface area contributed by atoms with Crippen molar-refractivity contribution in [1.29, 1.82) is 0 Å². The van der Waals surface area contributed by atoms with E-state index in [9.17, 15) is 0 Å². The Hall–Kier alpha value is -1.20. The second-order valence-electron chi connectivity index (χ2n) is 2.16. The van der Waals surface area contributed by atoms with Gasteiger partial charge in [0.2, 0.25) is 6.54 Å². The third-order valence-electron chi connectivity index (χ3n) is 1.30. The molecule has 0 aliphatic rings. The van der Waals surface area contributed by atoms with Gasteiger partial charge in [-0.25, -0.2) is 6.57 Å². The van der Waals surface area contributed by atoms with Crippen molar-refractivity contribution in [2.45, 2.75) is 0 Å². The molecule has 0 saturated carbocycles. The van der Waals surface area contributed by atoms with Gasteiger partial charge >= 0.3 is 0 Å². The van der Waals surface area contributed by atoms with Crippen LogP contribution in [0.3, 0.4) is 0 Å². The highest BCUT2D eigenvalue weighted by Gasteiger charge is 1.98. The summed E-state index contributed by atoms with van der Waals surface area (Å²) in [5.74, 6) is 0.641. The molecule has 0 N–H and O–H groups in total. The summed E-state index contributed by atoms with van der Waals surface area (Å²) < 4.78 is 5.23. The van der Waals surface area contributed by atoms with E-state index in [4.69, 9.17) is 22.9 Å². The molecule has 0 radical (unpaired) electrons. The van der Waals surface area contributed by atoms with Crippen LogP contribution in [-0.4, -0.2) is 13.2 Å². The first-order valence-corrected chi connectivity index (χ1v) is 3.93. The quantitative estimate of drug-likeness (QED) is 0.516. The lowest BCUT2D eigenvalue weighted by molar-refractivity contribution is 0.336. The van der Waals surface area contributed by atoms with Crippen molar-refractivity contribution in [3.63, 3.8) is 0 Å². The first-order valence-electron chi connectivity index (χ1n) is 3.55. The van der Waals surface area contributed by atoms with E-state index in [0.717, 1.165) is 0 Å². The van der Waals surface area contributed by atoms with Gasteiger partial charge in [0.25, 0.3) is 0 Å². The number of nitrogens with zero attached hydrogens (tertiary/aromatic N) is 1. The average Bonchev–Trinajstić information content (AvgIpc) is 2.09. The maximum absolute atomic E-state index is 6.53. The average molecular weight is 182 g/mol. The standard InChI is InChI=1S/C9H8ClNO/c1-11-6-7-12-9-5-3-2-4-8(9)10/h2-5H,6-7H2. The SMILES string of the molecule is [C-]#[N+]CCOc1ccccc1Cl. The van der Waals surface area contributed by atoms with Gasteiger partial charge in [-0.15, -0.1) is 0 Å². The van der Waals surface area contributed by atoms with Crippen LogP contribution in [0.25, 0.3) is 4.85 Å². The second kappa shape index (κ2) is 4.63. The Morgan fingerprint density at radius 3 is 2.83 bits per heavy atom. The molecule has 0 amide bonds. The van der Waals surface area contributed by atoms with Crippen LogP contribution in [0, 0.1) is 6.57 Å². The molecule has 12 heavy (non-hydrogen) atoms. The number of ether oxygens (including phenoxy) is 1. The Labute approximate surface area is 76.5 Å². The van der Waals surface area contributed by atoms with Crippen LogP contribution >= 0.6 is 11.6 Å². The van der Waals surface area contributed by atoms with E-state index in [1.54, 1.807) is 12.1 Å². The summed E-state index contributed by atoms with van der Waals surface area (Å²) in [4.78, 5) is 3.16. The third-order valence-corrected chi connectivity index (χ3v) is 1.61. The maximum Gasteiger partial charge on any atom is 0.248 e. The summed E-state index contributed by atoms with van der Waals surface area (Å²) in [6.07, 6.45) is 0. The van der Waals surface area contributed by atoms with E-state index in [-0.39, 0.29) is 0 Å². The molecule has 62 valence electrons. The van der Waals surface area contributed by atoms with Crippen molar-refractivity contribution in [2.24, 2.45) is 0 Å². The molecule has 0 spiro atoms. The van der Waals surface area contributed by atoms with Gasteiger partial charge in [0.15, 0.2) is 6.61 Å². The van der Waals surface area contributed by atoms with Crippen molar-refractivity contribution >= 4 is 11.6 Å². The monoisotopic (exact) mass is 181 g/mol. The van der Waals surface area contributed by atoms with Crippen molar-refractivity contribution < 1.29 is 4.74 Å². The summed E-state index contributed by atoms with van der Waals surface area (Å²) in [5.41, 5.74) is 0. The number of hydrogen-bond acceptors (Lipinski definition) is 1. The molecule has 0 saturated heterocycles. The van der Waals surface area contributed by atoms with Gasteiger partial charge < -0.3 is 9.58 Å².